The number of hydrogen-bond donors (Lipinski definition) is 6. The lowest BCUT2D eigenvalue weighted by Crippen LogP contribution is -2.61. The molecule has 0 aromatic carbocycles. The third kappa shape index (κ3) is 38.4. The summed E-state index contributed by atoms with van der Waals surface area (Å²) in [5.74, 6) is -1.24. The molecule has 0 radical (unpaired) electrons. The Morgan fingerprint density at radius 1 is 0.541 bits per heavy atom. The molecule has 6 N–H and O–H groups in total. The van der Waals surface area contributed by atoms with Gasteiger partial charge in [-0.15, -0.1) is 0 Å². The van der Waals surface area contributed by atoms with Gasteiger partial charge >= 0.3 is 5.97 Å². The van der Waals surface area contributed by atoms with Gasteiger partial charge in [0.05, 0.1) is 25.4 Å². The highest BCUT2D eigenvalue weighted by Gasteiger charge is 2.47. The molecule has 74 heavy (non-hydrogen) atoms. The van der Waals surface area contributed by atoms with Gasteiger partial charge in [-0.2, -0.15) is 0 Å². The lowest BCUT2D eigenvalue weighted by atomic mass is 9.99. The highest BCUT2D eigenvalue weighted by Crippen LogP contribution is 2.26. The van der Waals surface area contributed by atoms with Gasteiger partial charge in [-0.3, -0.25) is 9.59 Å². The van der Waals surface area contributed by atoms with Gasteiger partial charge in [0, 0.05) is 6.42 Å². The molecule has 0 aliphatic carbocycles. The lowest BCUT2D eigenvalue weighted by Gasteiger charge is -2.41. The van der Waals surface area contributed by atoms with E-state index in [0.29, 0.717) is 12.8 Å². The number of rotatable bonds is 49. The number of unbranched alkanes of at least 4 members (excludes halogenated alkanes) is 23. The fourth-order valence-corrected chi connectivity index (χ4v) is 8.79. The van der Waals surface area contributed by atoms with Crippen LogP contribution in [0.15, 0.2) is 85.1 Å². The van der Waals surface area contributed by atoms with Crippen LogP contribution in [0.2, 0.25) is 0 Å². The van der Waals surface area contributed by atoms with Crippen molar-refractivity contribution in [2.45, 2.75) is 288 Å². The number of allylic oxidation sites excluding steroid dienone is 13. The predicted octanol–water partition coefficient (Wildman–Crippen LogP) is 13.8. The number of carbonyl (C=O) groups is 2. The van der Waals surface area contributed by atoms with E-state index in [9.17, 15) is 35.1 Å². The van der Waals surface area contributed by atoms with Crippen LogP contribution < -0.4 is 5.32 Å². The minimum Gasteiger partial charge on any atom is -0.454 e. The Bertz CT molecular complexity index is 1520. The van der Waals surface area contributed by atoms with Gasteiger partial charge in [0.2, 0.25) is 5.91 Å². The third-order valence-electron chi connectivity index (χ3n) is 13.5. The Kier molecular flexibility index (Phi) is 47.1. The van der Waals surface area contributed by atoms with E-state index in [1.807, 2.05) is 6.08 Å². The summed E-state index contributed by atoms with van der Waals surface area (Å²) in [5, 5.41) is 56.8. The number of aliphatic hydroxyl groups is 5. The first-order valence-corrected chi connectivity index (χ1v) is 29.9. The van der Waals surface area contributed by atoms with Crippen molar-refractivity contribution in [3.63, 3.8) is 0 Å². The van der Waals surface area contributed by atoms with E-state index in [1.54, 1.807) is 6.08 Å². The number of nitrogens with one attached hydrogen (secondary N) is 1. The van der Waals surface area contributed by atoms with E-state index >= 15 is 0 Å². The summed E-state index contributed by atoms with van der Waals surface area (Å²) in [6.45, 7) is 5.63. The molecular weight excluding hydrogens is 931 g/mol. The maximum absolute atomic E-state index is 13.4. The van der Waals surface area contributed by atoms with Gasteiger partial charge in [0.15, 0.2) is 12.4 Å². The third-order valence-corrected chi connectivity index (χ3v) is 13.5. The minimum absolute atomic E-state index is 0.0960. The normalized spacial score (nSPS) is 19.9. The van der Waals surface area contributed by atoms with Crippen molar-refractivity contribution in [3.8, 4) is 0 Å². The number of hydrogen-bond acceptors (Lipinski definition) is 10. The van der Waals surface area contributed by atoms with Crippen LogP contribution in [0, 0.1) is 0 Å². The Morgan fingerprint density at radius 3 is 1.47 bits per heavy atom. The SMILES string of the molecule is CC/C=C\C/C=C\C/C=C\C/C=C\C/C=C\CCCCCCCC(=O)OC1C(OCC(NC(=O)C(O)CCCC/C=C\CCCCCCCCC)C(O)/C=C/CCCCCCCCCCC)OC(CO)C(O)C1O. The molecule has 0 aromatic heterocycles. The van der Waals surface area contributed by atoms with Crippen molar-refractivity contribution in [1.82, 2.24) is 5.32 Å². The fourth-order valence-electron chi connectivity index (χ4n) is 8.79. The van der Waals surface area contributed by atoms with Crippen molar-refractivity contribution in [2.75, 3.05) is 13.2 Å². The molecule has 1 saturated heterocycles. The first-order chi connectivity index (χ1) is 36.2. The van der Waals surface area contributed by atoms with Crippen LogP contribution in [0.3, 0.4) is 0 Å². The number of ether oxygens (including phenoxy) is 3. The molecule has 0 aromatic rings. The van der Waals surface area contributed by atoms with Gasteiger partial charge in [-0.05, 0) is 96.3 Å². The van der Waals surface area contributed by atoms with Crippen LogP contribution in [0.1, 0.15) is 239 Å². The topological polar surface area (TPSA) is 175 Å². The molecule has 11 nitrogen and oxygen atoms in total. The Hall–Kier alpha value is -3.16. The maximum Gasteiger partial charge on any atom is 0.306 e. The second kappa shape index (κ2) is 50.6. The zero-order chi connectivity index (χ0) is 54.0. The van der Waals surface area contributed by atoms with E-state index in [4.69, 9.17) is 14.2 Å². The number of aliphatic hydroxyl groups excluding tert-OH is 5. The summed E-state index contributed by atoms with van der Waals surface area (Å²) in [4.78, 5) is 26.5. The second-order valence-electron chi connectivity index (χ2n) is 20.3. The summed E-state index contributed by atoms with van der Waals surface area (Å²) in [6.07, 6.45) is 54.8. The van der Waals surface area contributed by atoms with Crippen molar-refractivity contribution in [3.05, 3.63) is 85.1 Å². The Labute approximate surface area is 451 Å². The predicted molar refractivity (Wildman–Crippen MR) is 306 cm³/mol. The smallest absolute Gasteiger partial charge is 0.306 e. The first kappa shape index (κ1) is 68.9. The van der Waals surface area contributed by atoms with Crippen LogP contribution in [0.5, 0.6) is 0 Å². The van der Waals surface area contributed by atoms with Crippen molar-refractivity contribution < 1.29 is 49.3 Å². The summed E-state index contributed by atoms with van der Waals surface area (Å²) in [5.41, 5.74) is 0. The average molecular weight is 1040 g/mol. The fraction of sp³-hybridized carbons (Fsp3) is 0.746. The van der Waals surface area contributed by atoms with Crippen molar-refractivity contribution >= 4 is 11.9 Å². The molecule has 1 aliphatic heterocycles. The molecule has 1 aliphatic rings. The van der Waals surface area contributed by atoms with Crippen molar-refractivity contribution in [1.29, 1.82) is 0 Å². The summed E-state index contributed by atoms with van der Waals surface area (Å²) < 4.78 is 17.6. The number of esters is 1. The highest BCUT2D eigenvalue weighted by atomic mass is 16.7. The second-order valence-corrected chi connectivity index (χ2v) is 20.3. The minimum atomic E-state index is -1.63. The first-order valence-electron chi connectivity index (χ1n) is 29.9. The number of amides is 1. The van der Waals surface area contributed by atoms with E-state index in [2.05, 4.69) is 99.0 Å². The maximum atomic E-state index is 13.4. The van der Waals surface area contributed by atoms with Crippen LogP contribution in [0.25, 0.3) is 0 Å². The molecular formula is C63H109NO10. The Morgan fingerprint density at radius 2 is 0.973 bits per heavy atom. The zero-order valence-electron chi connectivity index (χ0n) is 46.9. The standard InChI is InChI=1S/C63H109NO10/c1-4-7-10-13-16-19-22-24-25-26-27-28-29-30-31-33-36-39-42-45-48-51-58(68)74-61-60(70)59(69)57(52-65)73-63(61)72-53-54(55(66)49-46-43-40-37-34-21-18-15-12-9-6-3)64-62(71)56(67)50-47-44-41-38-35-32-23-20-17-14-11-8-5-2/h7,10,16,19,24-25,27-28,30-31,35,38,46,49,54-57,59-61,63,65-67,69-70H,4-6,8-9,11-15,17-18,20-23,26,29,32-34,36-37,39-45,47-48,50-53H2,1-3H3,(H,64,71)/b10-7-,19-16-,25-24-,28-27-,31-30-,38-35-,49-46+. The molecule has 8 atom stereocenters. The van der Waals surface area contributed by atoms with Gasteiger partial charge in [0.25, 0.3) is 0 Å². The van der Waals surface area contributed by atoms with E-state index < -0.39 is 67.4 Å². The van der Waals surface area contributed by atoms with Crippen LogP contribution in [-0.4, -0.2) is 99.6 Å². The van der Waals surface area contributed by atoms with Crippen LogP contribution in [-0.2, 0) is 23.8 Å². The molecule has 1 fully saturated rings. The van der Waals surface area contributed by atoms with Crippen LogP contribution >= 0.6 is 0 Å². The van der Waals surface area contributed by atoms with Gasteiger partial charge < -0.3 is 45.1 Å². The zero-order valence-corrected chi connectivity index (χ0v) is 46.9. The van der Waals surface area contributed by atoms with E-state index in [-0.39, 0.29) is 19.4 Å². The largest absolute Gasteiger partial charge is 0.454 e. The molecule has 0 saturated carbocycles. The summed E-state index contributed by atoms with van der Waals surface area (Å²) in [7, 11) is 0. The summed E-state index contributed by atoms with van der Waals surface area (Å²) in [6, 6.07) is -1.04. The van der Waals surface area contributed by atoms with E-state index in [1.165, 1.54) is 83.5 Å². The van der Waals surface area contributed by atoms with Gasteiger partial charge in [-0.25, -0.2) is 0 Å². The Balaban J connectivity index is 2.70. The molecule has 1 rings (SSSR count). The van der Waals surface area contributed by atoms with Gasteiger partial charge in [-0.1, -0.05) is 221 Å². The molecule has 0 spiro atoms. The molecule has 1 amide bonds. The van der Waals surface area contributed by atoms with Crippen LogP contribution in [0.4, 0.5) is 0 Å². The lowest BCUT2D eigenvalue weighted by molar-refractivity contribution is -0.305. The molecule has 0 bridgehead atoms. The molecule has 8 unspecified atom stereocenters. The van der Waals surface area contributed by atoms with Crippen molar-refractivity contribution in [2.24, 2.45) is 0 Å². The van der Waals surface area contributed by atoms with E-state index in [0.717, 1.165) is 109 Å². The molecule has 11 heteroatoms. The monoisotopic (exact) mass is 1040 g/mol. The highest BCUT2D eigenvalue weighted by molar-refractivity contribution is 5.80. The molecule has 426 valence electrons. The van der Waals surface area contributed by atoms with Gasteiger partial charge in [0.1, 0.15) is 24.4 Å². The molecule has 1 heterocycles. The quantitative estimate of drug-likeness (QED) is 0.0195. The summed E-state index contributed by atoms with van der Waals surface area (Å²) >= 11 is 0. The average Bonchev–Trinajstić information content (AvgIpc) is 3.40. The number of carbonyl (C=O) groups excluding carboxylic acids is 2.